The molecule has 12 nitrogen and oxygen atoms in total. The van der Waals surface area contributed by atoms with Crippen LogP contribution in [0.1, 0.15) is 77.7 Å². The zero-order chi connectivity index (χ0) is 33.9. The third-order valence-corrected chi connectivity index (χ3v) is 8.98. The molecule has 4 rings (SSSR count). The number of nitrogens with one attached hydrogen (secondary N) is 4. The van der Waals surface area contributed by atoms with Gasteiger partial charge in [0.25, 0.3) is 5.91 Å². The van der Waals surface area contributed by atoms with Gasteiger partial charge in [0.15, 0.2) is 0 Å². The first-order valence-corrected chi connectivity index (χ1v) is 16.7. The number of amides is 4. The highest BCUT2D eigenvalue weighted by Crippen LogP contribution is 2.45. The van der Waals surface area contributed by atoms with Crippen LogP contribution in [0.4, 0.5) is 23.7 Å². The Balaban J connectivity index is 1.51. The van der Waals surface area contributed by atoms with E-state index in [4.69, 9.17) is 4.74 Å². The minimum atomic E-state index is -4.61. The van der Waals surface area contributed by atoms with Gasteiger partial charge in [-0.2, -0.15) is 21.6 Å². The second kappa shape index (κ2) is 13.5. The first-order valence-electron chi connectivity index (χ1n) is 15.2. The van der Waals surface area contributed by atoms with Gasteiger partial charge in [0.05, 0.1) is 11.3 Å². The van der Waals surface area contributed by atoms with Gasteiger partial charge in [0.1, 0.15) is 23.2 Å². The van der Waals surface area contributed by atoms with E-state index < -0.39 is 74.9 Å². The van der Waals surface area contributed by atoms with Crippen molar-refractivity contribution in [3.8, 4) is 0 Å². The number of rotatable bonds is 5. The van der Waals surface area contributed by atoms with Crippen LogP contribution in [-0.2, 0) is 35.5 Å². The van der Waals surface area contributed by atoms with Crippen molar-refractivity contribution in [2.24, 2.45) is 5.92 Å². The molecule has 4 amide bonds. The Morgan fingerprint density at radius 3 is 2.37 bits per heavy atom. The van der Waals surface area contributed by atoms with Gasteiger partial charge in [-0.25, -0.2) is 9.52 Å². The van der Waals surface area contributed by atoms with Crippen LogP contribution >= 0.6 is 0 Å². The van der Waals surface area contributed by atoms with Crippen molar-refractivity contribution in [2.45, 2.75) is 102 Å². The largest absolute Gasteiger partial charge is 0.444 e. The number of allylic oxidation sites excluding steroid dienone is 1. The maximum atomic E-state index is 13.7. The summed E-state index contributed by atoms with van der Waals surface area (Å²) in [5, 5.41) is 5.35. The Hall–Kier alpha value is -3.82. The lowest BCUT2D eigenvalue weighted by molar-refractivity contribution is -0.141. The molecule has 254 valence electrons. The molecule has 0 bridgehead atoms. The van der Waals surface area contributed by atoms with E-state index in [2.05, 4.69) is 10.6 Å². The molecular formula is C30H40F3N5O7S. The monoisotopic (exact) mass is 671 g/mol. The second-order valence-corrected chi connectivity index (χ2v) is 14.3. The summed E-state index contributed by atoms with van der Waals surface area (Å²) in [6.07, 6.45) is 2.21. The van der Waals surface area contributed by atoms with Crippen molar-refractivity contribution < 1.29 is 45.5 Å². The minimum absolute atomic E-state index is 0.0976. The number of benzene rings is 1. The van der Waals surface area contributed by atoms with Crippen LogP contribution in [0.15, 0.2) is 36.4 Å². The van der Waals surface area contributed by atoms with Crippen molar-refractivity contribution in [2.75, 3.05) is 11.3 Å². The highest BCUT2D eigenvalue weighted by molar-refractivity contribution is 7.91. The topological polar surface area (TPSA) is 163 Å². The van der Waals surface area contributed by atoms with Gasteiger partial charge in [-0.3, -0.25) is 19.1 Å². The van der Waals surface area contributed by atoms with E-state index in [9.17, 15) is 40.8 Å². The lowest BCUT2D eigenvalue weighted by atomic mass is 10.0. The number of anilines is 1. The molecule has 2 aliphatic heterocycles. The SMILES string of the molecule is CC(C)(C)OC(=O)N[C@H]1CCCCCC=C[C@@H]2C[C@@]2(C(=O)NS(=O)(=O)Nc2ccc(C(F)(F)F)cc2)NC(=O)[C@@H]2CCCN2C1=O. The summed E-state index contributed by atoms with van der Waals surface area (Å²) < 4.78 is 73.6. The fraction of sp³-hybridized carbons (Fsp3) is 0.600. The summed E-state index contributed by atoms with van der Waals surface area (Å²) in [6.45, 7) is 5.35. The smallest absolute Gasteiger partial charge is 0.416 e. The predicted octanol–water partition coefficient (Wildman–Crippen LogP) is 3.76. The molecular weight excluding hydrogens is 631 g/mol. The van der Waals surface area contributed by atoms with Crippen LogP contribution in [0.3, 0.4) is 0 Å². The fourth-order valence-corrected chi connectivity index (χ4v) is 6.59. The molecule has 1 aromatic carbocycles. The third kappa shape index (κ3) is 8.91. The van der Waals surface area contributed by atoms with Gasteiger partial charge >= 0.3 is 22.5 Å². The molecule has 4 N–H and O–H groups in total. The summed E-state index contributed by atoms with van der Waals surface area (Å²) in [6, 6.07) is 1.32. The lowest BCUT2D eigenvalue weighted by Gasteiger charge is -2.30. The normalized spacial score (nSPS) is 26.0. The molecule has 3 aliphatic rings. The summed E-state index contributed by atoms with van der Waals surface area (Å²) in [5.74, 6) is -2.66. The molecule has 1 aromatic rings. The van der Waals surface area contributed by atoms with Gasteiger partial charge < -0.3 is 20.3 Å². The van der Waals surface area contributed by atoms with E-state index in [-0.39, 0.29) is 18.7 Å². The molecule has 2 fully saturated rings. The van der Waals surface area contributed by atoms with Crippen LogP contribution in [-0.4, -0.2) is 66.9 Å². The molecule has 0 unspecified atom stereocenters. The van der Waals surface area contributed by atoms with E-state index in [1.165, 1.54) is 4.90 Å². The fourth-order valence-electron chi connectivity index (χ4n) is 5.66. The van der Waals surface area contributed by atoms with Crippen LogP contribution in [0.25, 0.3) is 0 Å². The Kier molecular flexibility index (Phi) is 10.3. The van der Waals surface area contributed by atoms with Crippen molar-refractivity contribution in [3.63, 3.8) is 0 Å². The second-order valence-electron chi connectivity index (χ2n) is 12.8. The summed E-state index contributed by atoms with van der Waals surface area (Å²) in [4.78, 5) is 54.7. The summed E-state index contributed by atoms with van der Waals surface area (Å²) >= 11 is 0. The van der Waals surface area contributed by atoms with Gasteiger partial charge in [-0.1, -0.05) is 25.0 Å². The number of alkyl halides is 3. The van der Waals surface area contributed by atoms with E-state index in [0.717, 1.165) is 25.0 Å². The first kappa shape index (κ1) is 35.0. The molecule has 46 heavy (non-hydrogen) atoms. The van der Waals surface area contributed by atoms with Crippen LogP contribution < -0.4 is 20.1 Å². The number of hydrogen-bond acceptors (Lipinski definition) is 7. The maximum Gasteiger partial charge on any atom is 0.416 e. The third-order valence-electron chi connectivity index (χ3n) is 8.02. The molecule has 0 radical (unpaired) electrons. The van der Waals surface area contributed by atoms with Gasteiger partial charge in [-0.15, -0.1) is 0 Å². The molecule has 1 saturated heterocycles. The molecule has 0 spiro atoms. The van der Waals surface area contributed by atoms with E-state index in [0.29, 0.717) is 44.2 Å². The van der Waals surface area contributed by atoms with E-state index in [1.54, 1.807) is 26.8 Å². The van der Waals surface area contributed by atoms with Crippen LogP contribution in [0, 0.1) is 5.92 Å². The zero-order valence-electron chi connectivity index (χ0n) is 25.9. The number of halogens is 3. The predicted molar refractivity (Wildman–Crippen MR) is 161 cm³/mol. The number of alkyl carbamates (subject to hydrolysis) is 1. The molecule has 0 aromatic heterocycles. The number of carbonyl (C=O) groups excluding carboxylic acids is 4. The van der Waals surface area contributed by atoms with Crippen molar-refractivity contribution in [1.82, 2.24) is 20.3 Å². The number of fused-ring (bicyclic) bond motifs is 2. The Morgan fingerprint density at radius 1 is 1.02 bits per heavy atom. The van der Waals surface area contributed by atoms with E-state index in [1.807, 2.05) is 15.5 Å². The highest BCUT2D eigenvalue weighted by atomic mass is 32.2. The molecule has 1 aliphatic carbocycles. The molecule has 16 heteroatoms. The Labute approximate surface area is 266 Å². The standard InChI is InChI=1S/C30H40F3N5O7S/c1-28(2,3)45-27(42)34-22-11-8-6-4-5-7-10-20-18-29(20,35-24(39)23-12-9-17-38(23)25(22)40)26(41)37-46(43,44)36-21-15-13-19(14-16-21)30(31,32)33/h7,10,13-16,20,22-23,36H,4-6,8-9,11-12,17-18H2,1-3H3,(H,34,42)(H,35,39)(H,37,41)/t20-,22+,23+,29-/m1/s1. The number of ether oxygens (including phenoxy) is 1. The van der Waals surface area contributed by atoms with Gasteiger partial charge in [0.2, 0.25) is 11.8 Å². The molecule has 1 saturated carbocycles. The average Bonchev–Trinajstić information content (AvgIpc) is 3.39. The summed E-state index contributed by atoms with van der Waals surface area (Å²) in [7, 11) is -4.61. The minimum Gasteiger partial charge on any atom is -0.444 e. The lowest BCUT2D eigenvalue weighted by Crippen LogP contribution is -2.58. The van der Waals surface area contributed by atoms with Crippen molar-refractivity contribution in [3.05, 3.63) is 42.0 Å². The highest BCUT2D eigenvalue weighted by Gasteiger charge is 2.61. The molecule has 2 heterocycles. The maximum absolute atomic E-state index is 13.7. The zero-order valence-corrected chi connectivity index (χ0v) is 26.7. The van der Waals surface area contributed by atoms with Crippen LogP contribution in [0.2, 0.25) is 0 Å². The summed E-state index contributed by atoms with van der Waals surface area (Å²) in [5.41, 5.74) is -3.60. The number of hydrogen-bond donors (Lipinski definition) is 4. The average molecular weight is 672 g/mol. The van der Waals surface area contributed by atoms with Gasteiger partial charge in [-0.05, 0) is 83.6 Å². The Bertz CT molecular complexity index is 1460. The van der Waals surface area contributed by atoms with E-state index >= 15 is 0 Å². The number of nitrogens with zero attached hydrogens (tertiary/aromatic N) is 1. The van der Waals surface area contributed by atoms with Gasteiger partial charge in [0, 0.05) is 12.5 Å². The molecule has 4 atom stereocenters. The quantitative estimate of drug-likeness (QED) is 0.347. The first-order chi connectivity index (χ1) is 21.4. The Morgan fingerprint density at radius 2 is 1.72 bits per heavy atom. The van der Waals surface area contributed by atoms with Crippen molar-refractivity contribution >= 4 is 39.7 Å². The van der Waals surface area contributed by atoms with Crippen LogP contribution in [0.5, 0.6) is 0 Å². The number of carbonyl (C=O) groups is 4. The van der Waals surface area contributed by atoms with Crippen molar-refractivity contribution in [1.29, 1.82) is 0 Å².